The van der Waals surface area contributed by atoms with E-state index in [1.54, 1.807) is 54.4 Å². The molecule has 5 amide bonds. The number of hydrogen-bond acceptors (Lipinski definition) is 15. The number of amides is 5. The maximum Gasteiger partial charge on any atom is 0.257 e. The minimum atomic E-state index is -0.528. The quantitative estimate of drug-likeness (QED) is 0.0588. The highest BCUT2D eigenvalue weighted by molar-refractivity contribution is 5.97. The fourth-order valence-electron chi connectivity index (χ4n) is 7.42. The number of rotatable bonds is 18. The van der Waals surface area contributed by atoms with E-state index >= 15 is 0 Å². The van der Waals surface area contributed by atoms with Gasteiger partial charge in [-0.2, -0.15) is 5.10 Å². The van der Waals surface area contributed by atoms with Crippen LogP contribution in [0.5, 0.6) is 11.5 Å². The van der Waals surface area contributed by atoms with Crippen LogP contribution < -0.4 is 33.6 Å². The minimum absolute atomic E-state index is 0.0296. The number of aliphatic hydroxyl groups is 2. The summed E-state index contributed by atoms with van der Waals surface area (Å²) in [7, 11) is 0. The van der Waals surface area contributed by atoms with E-state index in [1.165, 1.54) is 11.0 Å². The van der Waals surface area contributed by atoms with Crippen LogP contribution in [0.15, 0.2) is 79.0 Å². The molecule has 16 N–H and O–H groups in total. The van der Waals surface area contributed by atoms with E-state index in [2.05, 4.69) is 30.8 Å². The van der Waals surface area contributed by atoms with Crippen LogP contribution in [0.4, 0.5) is 0 Å². The summed E-state index contributed by atoms with van der Waals surface area (Å²) in [4.78, 5) is 79.8. The highest BCUT2D eigenvalue weighted by Gasteiger charge is 2.34. The van der Waals surface area contributed by atoms with Gasteiger partial charge in [-0.05, 0) is 56.0 Å². The molecule has 0 aliphatic carbocycles. The highest BCUT2D eigenvalue weighted by atomic mass is 16.3. The first-order valence-corrected chi connectivity index (χ1v) is 23.9. The van der Waals surface area contributed by atoms with Gasteiger partial charge in [0.1, 0.15) is 29.1 Å². The number of likely N-dealkylation sites (tertiary alicyclic amines) is 2. The van der Waals surface area contributed by atoms with Crippen molar-refractivity contribution in [3.8, 4) is 22.8 Å². The third-order valence-corrected chi connectivity index (χ3v) is 12.0. The SMILES string of the molecule is CC[C@H](N)C(=O)CCC(=O)N1CCCC1C(N)=O.CC[C@H](N)C(=O)NC1CN(C(=O)c2ccccc2O)C1.C[C@@H](CO)C(=O)NCCc1[nH]nc2ccccc12.N[C@@H](CO)c1ncc(-c2ccccc2O)[nH]1. The first-order chi connectivity index (χ1) is 34.4. The van der Waals surface area contributed by atoms with E-state index in [-0.39, 0.29) is 84.5 Å². The second-order valence-electron chi connectivity index (χ2n) is 17.4. The number of nitrogens with one attached hydrogen (secondary N) is 4. The van der Waals surface area contributed by atoms with Gasteiger partial charge in [-0.3, -0.25) is 33.9 Å². The van der Waals surface area contributed by atoms with E-state index < -0.39 is 30.1 Å². The number of primary amides is 1. The topological polar surface area (TPSA) is 375 Å². The van der Waals surface area contributed by atoms with Crippen molar-refractivity contribution in [2.24, 2.45) is 28.9 Å². The number of fused-ring (bicyclic) bond motifs is 1. The van der Waals surface area contributed by atoms with Gasteiger partial charge in [-0.15, -0.1) is 0 Å². The number of nitrogens with zero attached hydrogens (tertiary/aromatic N) is 4. The van der Waals surface area contributed by atoms with Crippen LogP contribution in [0.25, 0.3) is 22.2 Å². The highest BCUT2D eigenvalue weighted by Crippen LogP contribution is 2.28. The van der Waals surface area contributed by atoms with Gasteiger partial charge in [0.2, 0.25) is 23.6 Å². The molecular weight excluding hydrogens is 929 g/mol. The van der Waals surface area contributed by atoms with Crippen molar-refractivity contribution in [1.29, 1.82) is 0 Å². The molecule has 1 unspecified atom stereocenters. The molecule has 2 aliphatic heterocycles. The van der Waals surface area contributed by atoms with Crippen molar-refractivity contribution in [2.45, 2.75) is 95.9 Å². The molecule has 5 aromatic rings. The van der Waals surface area contributed by atoms with Gasteiger partial charge in [0.05, 0.1) is 66.3 Å². The molecule has 2 saturated heterocycles. The van der Waals surface area contributed by atoms with Gasteiger partial charge >= 0.3 is 0 Å². The van der Waals surface area contributed by atoms with Gasteiger partial charge in [0, 0.05) is 62.1 Å². The van der Waals surface area contributed by atoms with Crippen LogP contribution in [-0.2, 0) is 30.4 Å². The Bertz CT molecular complexity index is 2560. The smallest absolute Gasteiger partial charge is 0.257 e. The van der Waals surface area contributed by atoms with E-state index in [4.69, 9.17) is 33.1 Å². The molecule has 7 rings (SSSR count). The lowest BCUT2D eigenvalue weighted by Crippen LogP contribution is -2.62. The van der Waals surface area contributed by atoms with Gasteiger partial charge in [-0.25, -0.2) is 4.98 Å². The molecule has 22 heteroatoms. The number of carbonyl (C=O) groups excluding carboxylic acids is 6. The molecule has 2 aromatic heterocycles. The first-order valence-electron chi connectivity index (χ1n) is 23.9. The molecule has 0 saturated carbocycles. The predicted octanol–water partition coefficient (Wildman–Crippen LogP) is 1.24. The zero-order valence-corrected chi connectivity index (χ0v) is 41.0. The predicted molar refractivity (Wildman–Crippen MR) is 269 cm³/mol. The lowest BCUT2D eigenvalue weighted by Gasteiger charge is -2.40. The number of aromatic amines is 2. The Morgan fingerprint density at radius 3 is 2.12 bits per heavy atom. The summed E-state index contributed by atoms with van der Waals surface area (Å²) in [6.45, 7) is 7.03. The standard InChI is InChI=1S/C14H19N3O3.C13H17N3O2.C12H21N3O3.C11H13N3O2/c1-2-11(15)13(19)16-9-7-17(8-9)14(20)10-5-3-4-6-12(10)18;1-9(8-17)13(18)14-7-6-12-10-4-2-3-5-11(10)15-16-12;1-2-8(13)10(16)5-6-11(17)15-7-3-4-9(15)12(14)18;12-8(6-15)11-13-5-9(14-11)7-3-1-2-4-10(7)16/h3-6,9,11,18H,2,7-8,15H2,1H3,(H,16,19);2-5,9,17H,6-8H2,1H3,(H,14,18)(H,15,16);8-9H,2-7,13H2,1H3,(H2,14,18);1-5,8,15-16H,6,12H2,(H,13,14)/t11-;9-;8-,9?;8-/m0000/s1. The Kier molecular flexibility index (Phi) is 22.8. The Morgan fingerprint density at radius 2 is 1.49 bits per heavy atom. The number of aliphatic hydroxyl groups excluding tert-OH is 2. The summed E-state index contributed by atoms with van der Waals surface area (Å²) in [5.41, 5.74) is 25.6. The number of carbonyl (C=O) groups is 6. The van der Waals surface area contributed by atoms with Gasteiger partial charge in [0.25, 0.3) is 5.91 Å². The lowest BCUT2D eigenvalue weighted by atomic mass is 10.1. The molecular formula is C50H70N12O10. The maximum atomic E-state index is 12.1. The zero-order valence-electron chi connectivity index (χ0n) is 41.0. The molecule has 2 fully saturated rings. The Balaban J connectivity index is 0.000000209. The average molecular weight is 999 g/mol. The molecule has 0 radical (unpaired) electrons. The van der Waals surface area contributed by atoms with Crippen molar-refractivity contribution in [2.75, 3.05) is 39.4 Å². The lowest BCUT2D eigenvalue weighted by molar-refractivity contribution is -0.138. The van der Waals surface area contributed by atoms with Crippen LogP contribution in [-0.4, -0.2) is 149 Å². The number of imidazole rings is 1. The van der Waals surface area contributed by atoms with Crippen molar-refractivity contribution >= 4 is 46.2 Å². The molecule has 2 aliphatic rings. The first kappa shape index (κ1) is 57.3. The third kappa shape index (κ3) is 16.4. The van der Waals surface area contributed by atoms with Crippen LogP contribution in [0.3, 0.4) is 0 Å². The molecule has 4 heterocycles. The van der Waals surface area contributed by atoms with E-state index in [1.807, 2.05) is 44.2 Å². The maximum absolute atomic E-state index is 12.1. The van der Waals surface area contributed by atoms with Crippen LogP contribution in [0.1, 0.15) is 87.2 Å². The minimum Gasteiger partial charge on any atom is -0.507 e. The van der Waals surface area contributed by atoms with E-state index in [9.17, 15) is 39.0 Å². The van der Waals surface area contributed by atoms with Crippen LogP contribution in [0.2, 0.25) is 0 Å². The fourth-order valence-corrected chi connectivity index (χ4v) is 7.42. The summed E-state index contributed by atoms with van der Waals surface area (Å²) < 4.78 is 0. The van der Waals surface area contributed by atoms with Crippen molar-refractivity contribution in [3.05, 3.63) is 96.1 Å². The summed E-state index contributed by atoms with van der Waals surface area (Å²) in [6.07, 6.45) is 5.07. The zero-order chi connectivity index (χ0) is 52.9. The Hall–Kier alpha value is -7.24. The van der Waals surface area contributed by atoms with Crippen molar-refractivity contribution < 1.29 is 49.2 Å². The van der Waals surface area contributed by atoms with Crippen LogP contribution >= 0.6 is 0 Å². The number of aromatic nitrogens is 4. The molecule has 0 spiro atoms. The Morgan fingerprint density at radius 1 is 0.833 bits per heavy atom. The van der Waals surface area contributed by atoms with Crippen molar-refractivity contribution in [1.82, 2.24) is 40.6 Å². The molecule has 390 valence electrons. The second-order valence-corrected chi connectivity index (χ2v) is 17.4. The second kappa shape index (κ2) is 28.6. The largest absolute Gasteiger partial charge is 0.507 e. The number of para-hydroxylation sites is 3. The number of H-pyrrole nitrogens is 2. The van der Waals surface area contributed by atoms with E-state index in [0.29, 0.717) is 68.9 Å². The molecule has 72 heavy (non-hydrogen) atoms. The van der Waals surface area contributed by atoms with Crippen LogP contribution in [0, 0.1) is 5.92 Å². The van der Waals surface area contributed by atoms with Gasteiger partial charge in [0.15, 0.2) is 0 Å². The average Bonchev–Trinajstić information content (AvgIpc) is 4.18. The number of nitrogens with two attached hydrogens (primary N) is 4. The molecule has 22 nitrogen and oxygen atoms in total. The third-order valence-electron chi connectivity index (χ3n) is 12.0. The van der Waals surface area contributed by atoms with E-state index in [0.717, 1.165) is 23.0 Å². The molecule has 5 atom stereocenters. The summed E-state index contributed by atoms with van der Waals surface area (Å²) in [5.74, 6) is -1.02. The monoisotopic (exact) mass is 999 g/mol. The number of ketones is 1. The van der Waals surface area contributed by atoms with Gasteiger partial charge < -0.3 is 68.8 Å². The Labute approximate surface area is 417 Å². The van der Waals surface area contributed by atoms with Crippen molar-refractivity contribution in [3.63, 3.8) is 0 Å². The number of phenols is 2. The molecule has 0 bridgehead atoms. The number of benzene rings is 3. The summed E-state index contributed by atoms with van der Waals surface area (Å²) in [5, 5.41) is 50.9. The number of aromatic hydroxyl groups is 2. The summed E-state index contributed by atoms with van der Waals surface area (Å²) >= 11 is 0. The number of phenolic OH excluding ortho intramolecular Hbond substituents is 2. The fraction of sp³-hybridized carbons (Fsp3) is 0.440. The number of Topliss-reactive ketones (excluding diaryl/α,β-unsaturated/α-hetero) is 1. The summed E-state index contributed by atoms with van der Waals surface area (Å²) in [6, 6.07) is 19.1. The number of hydrogen-bond donors (Lipinski definition) is 12. The molecule has 3 aromatic carbocycles. The van der Waals surface area contributed by atoms with Gasteiger partial charge in [-0.1, -0.05) is 63.2 Å². The normalized spacial score (nSPS) is 15.7.